The Morgan fingerprint density at radius 1 is 1.14 bits per heavy atom. The van der Waals surface area contributed by atoms with Crippen LogP contribution >= 0.6 is 0 Å². The van der Waals surface area contributed by atoms with Crippen molar-refractivity contribution in [2.45, 2.75) is 56.7 Å². The second-order valence-electron chi connectivity index (χ2n) is 6.11. The van der Waals surface area contributed by atoms with Gasteiger partial charge in [0.1, 0.15) is 0 Å². The first-order valence-electron chi connectivity index (χ1n) is 6.32. The van der Waals surface area contributed by atoms with Gasteiger partial charge in [-0.15, -0.1) is 0 Å². The van der Waals surface area contributed by atoms with Gasteiger partial charge in [-0.2, -0.15) is 0 Å². The fourth-order valence-electron chi connectivity index (χ4n) is 5.33. The fourth-order valence-corrected chi connectivity index (χ4v) is 5.33. The topological polar surface area (TPSA) is 38.0 Å². The third kappa shape index (κ3) is 0.704. The van der Waals surface area contributed by atoms with E-state index in [0.29, 0.717) is 11.5 Å². The van der Waals surface area contributed by atoms with E-state index in [4.69, 9.17) is 5.73 Å². The zero-order chi connectivity index (χ0) is 9.34. The quantitative estimate of drug-likeness (QED) is 0.606. The third-order valence-corrected chi connectivity index (χ3v) is 5.85. The number of hydrogen-bond donors (Lipinski definition) is 2. The minimum atomic E-state index is 0.532. The molecule has 4 bridgehead atoms. The number of rotatable bonds is 0. The maximum atomic E-state index is 6.51. The molecule has 0 aromatic heterocycles. The first-order chi connectivity index (χ1) is 6.80. The molecule has 2 saturated carbocycles. The minimum Gasteiger partial charge on any atom is -0.327 e. The van der Waals surface area contributed by atoms with Gasteiger partial charge < -0.3 is 11.1 Å². The lowest BCUT2D eigenvalue weighted by molar-refractivity contribution is 0.0950. The summed E-state index contributed by atoms with van der Waals surface area (Å²) in [6, 6.07) is 2.15. The van der Waals surface area contributed by atoms with Crippen LogP contribution in [0.5, 0.6) is 0 Å². The van der Waals surface area contributed by atoms with Gasteiger partial charge in [-0.25, -0.2) is 0 Å². The standard InChI is InChI=1S/C12H20N2/c13-11-7-1-2-8(5-7)12(11)6-9-3-4-10(12)14-9/h7-11,14H,1-6,13H2/t7-,8+,9+,10-,11-,12?/m1/s1. The van der Waals surface area contributed by atoms with Crippen LogP contribution in [0.2, 0.25) is 0 Å². The minimum absolute atomic E-state index is 0.532. The second-order valence-corrected chi connectivity index (χ2v) is 6.11. The van der Waals surface area contributed by atoms with Crippen molar-refractivity contribution in [1.82, 2.24) is 5.32 Å². The molecule has 4 aliphatic rings. The highest BCUT2D eigenvalue weighted by molar-refractivity contribution is 5.19. The average Bonchev–Trinajstić information content (AvgIpc) is 2.91. The summed E-state index contributed by atoms with van der Waals surface area (Å²) in [4.78, 5) is 0. The Hall–Kier alpha value is -0.0800. The monoisotopic (exact) mass is 192 g/mol. The molecule has 2 heterocycles. The van der Waals surface area contributed by atoms with Crippen LogP contribution in [-0.4, -0.2) is 18.1 Å². The van der Waals surface area contributed by atoms with Crippen LogP contribution in [0.15, 0.2) is 0 Å². The van der Waals surface area contributed by atoms with Crippen molar-refractivity contribution in [2.24, 2.45) is 23.0 Å². The smallest absolute Gasteiger partial charge is 0.0145 e. The zero-order valence-corrected chi connectivity index (χ0v) is 8.71. The highest BCUT2D eigenvalue weighted by Crippen LogP contribution is 2.63. The van der Waals surface area contributed by atoms with Crippen molar-refractivity contribution in [3.63, 3.8) is 0 Å². The summed E-state index contributed by atoms with van der Waals surface area (Å²) in [5.74, 6) is 1.85. The van der Waals surface area contributed by atoms with E-state index in [9.17, 15) is 0 Å². The van der Waals surface area contributed by atoms with Crippen molar-refractivity contribution in [1.29, 1.82) is 0 Å². The molecule has 0 aromatic rings. The van der Waals surface area contributed by atoms with E-state index in [1.165, 1.54) is 38.5 Å². The van der Waals surface area contributed by atoms with E-state index in [1.54, 1.807) is 0 Å². The molecule has 2 heteroatoms. The van der Waals surface area contributed by atoms with Crippen molar-refractivity contribution in [3.8, 4) is 0 Å². The Balaban J connectivity index is 1.76. The summed E-state index contributed by atoms with van der Waals surface area (Å²) in [6.45, 7) is 0. The van der Waals surface area contributed by atoms with Crippen molar-refractivity contribution in [3.05, 3.63) is 0 Å². The summed E-state index contributed by atoms with van der Waals surface area (Å²) in [6.07, 6.45) is 8.57. The lowest BCUT2D eigenvalue weighted by Gasteiger charge is -2.44. The SMILES string of the molecule is N[C@@H]1[C@@H]2CC[C@@H](C2)C12C[C@@H]1CC[C@H]2N1. The second kappa shape index (κ2) is 2.35. The van der Waals surface area contributed by atoms with E-state index >= 15 is 0 Å². The summed E-state index contributed by atoms with van der Waals surface area (Å²) < 4.78 is 0. The van der Waals surface area contributed by atoms with Crippen LogP contribution in [0.3, 0.4) is 0 Å². The third-order valence-electron chi connectivity index (χ3n) is 5.85. The summed E-state index contributed by atoms with van der Waals surface area (Å²) in [7, 11) is 0. The van der Waals surface area contributed by atoms with E-state index in [0.717, 1.165) is 23.9 Å². The van der Waals surface area contributed by atoms with Crippen molar-refractivity contribution in [2.75, 3.05) is 0 Å². The molecule has 0 aromatic carbocycles. The zero-order valence-electron chi connectivity index (χ0n) is 8.71. The number of nitrogens with two attached hydrogens (primary N) is 1. The van der Waals surface area contributed by atoms with Crippen molar-refractivity contribution >= 4 is 0 Å². The number of fused-ring (bicyclic) bond motifs is 6. The van der Waals surface area contributed by atoms with Gasteiger partial charge in [0.25, 0.3) is 0 Å². The lowest BCUT2D eigenvalue weighted by Crippen LogP contribution is -2.53. The summed E-state index contributed by atoms with van der Waals surface area (Å²) in [5, 5.41) is 3.80. The highest BCUT2D eigenvalue weighted by Gasteiger charge is 2.64. The van der Waals surface area contributed by atoms with Gasteiger partial charge in [0.2, 0.25) is 0 Å². The van der Waals surface area contributed by atoms with Gasteiger partial charge >= 0.3 is 0 Å². The maximum absolute atomic E-state index is 6.51. The molecule has 0 amide bonds. The summed E-state index contributed by atoms with van der Waals surface area (Å²) in [5.41, 5.74) is 7.05. The molecule has 3 N–H and O–H groups in total. The molecule has 6 atom stereocenters. The van der Waals surface area contributed by atoms with E-state index in [-0.39, 0.29) is 0 Å². The normalized spacial score (nSPS) is 64.5. The van der Waals surface area contributed by atoms with Gasteiger partial charge in [-0.3, -0.25) is 0 Å². The Bertz CT molecular complexity index is 266. The Morgan fingerprint density at radius 2 is 2.07 bits per heavy atom. The van der Waals surface area contributed by atoms with Gasteiger partial charge in [0.05, 0.1) is 0 Å². The lowest BCUT2D eigenvalue weighted by atomic mass is 9.62. The maximum Gasteiger partial charge on any atom is 0.0145 e. The molecular weight excluding hydrogens is 172 g/mol. The highest BCUT2D eigenvalue weighted by atomic mass is 15.1. The Morgan fingerprint density at radius 3 is 2.64 bits per heavy atom. The van der Waals surface area contributed by atoms with Crippen LogP contribution in [0.1, 0.15) is 38.5 Å². The van der Waals surface area contributed by atoms with E-state index in [1.807, 2.05) is 0 Å². The fraction of sp³-hybridized carbons (Fsp3) is 1.00. The molecule has 78 valence electrons. The van der Waals surface area contributed by atoms with Crippen LogP contribution in [-0.2, 0) is 0 Å². The van der Waals surface area contributed by atoms with Crippen LogP contribution in [0, 0.1) is 17.3 Å². The van der Waals surface area contributed by atoms with Gasteiger partial charge in [-0.05, 0) is 50.4 Å². The molecule has 4 rings (SSSR count). The first kappa shape index (κ1) is 8.12. The molecule has 4 fully saturated rings. The molecule has 14 heavy (non-hydrogen) atoms. The van der Waals surface area contributed by atoms with E-state index < -0.39 is 0 Å². The summed E-state index contributed by atoms with van der Waals surface area (Å²) >= 11 is 0. The molecule has 2 saturated heterocycles. The predicted octanol–water partition coefficient (Wildman–Crippen LogP) is 1.25. The molecule has 2 aliphatic carbocycles. The van der Waals surface area contributed by atoms with Crippen LogP contribution < -0.4 is 11.1 Å². The largest absolute Gasteiger partial charge is 0.327 e. The molecule has 0 radical (unpaired) electrons. The number of nitrogens with one attached hydrogen (secondary N) is 1. The molecule has 2 nitrogen and oxygen atoms in total. The average molecular weight is 192 g/mol. The number of hydrogen-bond acceptors (Lipinski definition) is 2. The van der Waals surface area contributed by atoms with E-state index in [2.05, 4.69) is 5.32 Å². The molecule has 2 aliphatic heterocycles. The van der Waals surface area contributed by atoms with Crippen molar-refractivity contribution < 1.29 is 0 Å². The first-order valence-corrected chi connectivity index (χ1v) is 6.32. The van der Waals surface area contributed by atoms with Crippen LogP contribution in [0.25, 0.3) is 0 Å². The van der Waals surface area contributed by atoms with Gasteiger partial charge in [-0.1, -0.05) is 0 Å². The molecule has 1 unspecified atom stereocenters. The van der Waals surface area contributed by atoms with Gasteiger partial charge in [0.15, 0.2) is 0 Å². The Kier molecular flexibility index (Phi) is 1.37. The van der Waals surface area contributed by atoms with Gasteiger partial charge in [0, 0.05) is 23.5 Å². The molecule has 1 spiro atoms. The van der Waals surface area contributed by atoms with Crippen LogP contribution in [0.4, 0.5) is 0 Å². The molecular formula is C12H20N2. The Labute approximate surface area is 85.6 Å². The predicted molar refractivity (Wildman–Crippen MR) is 55.8 cm³/mol.